The van der Waals surface area contributed by atoms with Crippen LogP contribution in [0.3, 0.4) is 0 Å². The van der Waals surface area contributed by atoms with Crippen molar-refractivity contribution in [1.82, 2.24) is 9.80 Å². The Kier molecular flexibility index (Phi) is 12.1. The maximum absolute atomic E-state index is 10.6. The molecule has 0 bridgehead atoms. The molecule has 0 atom stereocenters. The average molecular weight is 317 g/mol. The number of carboxylic acid groups (broad SMARTS) is 2. The standard InChI is InChI=1S/C10H18N3O4.Mn.H2O/c14-9(15)7-12-3-1-11-2-4-13(6-5-12)8-10(16)17;;/h1-8H2,(H,14,15)(H,16,17);;1H2/q-1;+3;. The molecule has 1 saturated heterocycles. The van der Waals surface area contributed by atoms with Gasteiger partial charge in [-0.05, 0) is 13.1 Å². The van der Waals surface area contributed by atoms with E-state index in [-0.39, 0.29) is 35.6 Å². The van der Waals surface area contributed by atoms with Crippen LogP contribution in [0.4, 0.5) is 0 Å². The van der Waals surface area contributed by atoms with Crippen molar-refractivity contribution >= 4 is 11.9 Å². The first-order valence-corrected chi connectivity index (χ1v) is 5.59. The Hall–Kier alpha value is -0.701. The molecule has 0 radical (unpaired) electrons. The summed E-state index contributed by atoms with van der Waals surface area (Å²) in [5, 5.41) is 21.7. The van der Waals surface area contributed by atoms with E-state index in [9.17, 15) is 9.59 Å². The number of rotatable bonds is 4. The van der Waals surface area contributed by atoms with Gasteiger partial charge in [-0.15, -0.1) is 13.1 Å². The molecule has 8 nitrogen and oxygen atoms in total. The summed E-state index contributed by atoms with van der Waals surface area (Å²) in [6, 6.07) is 0. The topological polar surface area (TPSA) is 127 Å². The summed E-state index contributed by atoms with van der Waals surface area (Å²) < 4.78 is 0. The Morgan fingerprint density at radius 2 is 1.26 bits per heavy atom. The van der Waals surface area contributed by atoms with E-state index in [2.05, 4.69) is 5.32 Å². The molecule has 0 aromatic carbocycles. The van der Waals surface area contributed by atoms with Gasteiger partial charge < -0.3 is 21.0 Å². The zero-order valence-corrected chi connectivity index (χ0v) is 11.8. The Balaban J connectivity index is 0. The zero-order valence-electron chi connectivity index (χ0n) is 10.6. The van der Waals surface area contributed by atoms with Crippen LogP contribution < -0.4 is 0 Å². The van der Waals surface area contributed by atoms with Gasteiger partial charge in [-0.2, -0.15) is 0 Å². The fourth-order valence-electron chi connectivity index (χ4n) is 1.74. The van der Waals surface area contributed by atoms with Gasteiger partial charge in [-0.3, -0.25) is 19.4 Å². The minimum atomic E-state index is -0.867. The van der Waals surface area contributed by atoms with Crippen LogP contribution in [0.15, 0.2) is 0 Å². The predicted molar refractivity (Wildman–Crippen MR) is 64.9 cm³/mol. The third kappa shape index (κ3) is 9.83. The largest absolute Gasteiger partial charge is 3.00 e. The van der Waals surface area contributed by atoms with E-state index in [1.54, 1.807) is 9.80 Å². The summed E-state index contributed by atoms with van der Waals surface area (Å²) in [4.78, 5) is 24.8. The first kappa shape index (κ1) is 20.6. The first-order valence-electron chi connectivity index (χ1n) is 5.59. The van der Waals surface area contributed by atoms with E-state index in [1.807, 2.05) is 0 Å². The number of hydrogen-bond donors (Lipinski definition) is 2. The molecule has 0 unspecified atom stereocenters. The summed E-state index contributed by atoms with van der Waals surface area (Å²) in [5.41, 5.74) is 0. The number of aliphatic carboxylic acids is 2. The molecule has 110 valence electrons. The summed E-state index contributed by atoms with van der Waals surface area (Å²) >= 11 is 0. The van der Waals surface area contributed by atoms with E-state index >= 15 is 0 Å². The van der Waals surface area contributed by atoms with E-state index in [0.29, 0.717) is 39.3 Å². The predicted octanol–water partition coefficient (Wildman–Crippen LogP) is -1.68. The van der Waals surface area contributed by atoms with Crippen molar-refractivity contribution in [3.8, 4) is 0 Å². The first-order chi connectivity index (χ1) is 8.08. The molecule has 1 fully saturated rings. The van der Waals surface area contributed by atoms with Crippen LogP contribution in [0.5, 0.6) is 0 Å². The Morgan fingerprint density at radius 3 is 1.58 bits per heavy atom. The van der Waals surface area contributed by atoms with Crippen LogP contribution >= 0.6 is 0 Å². The van der Waals surface area contributed by atoms with Crippen LogP contribution in [-0.2, 0) is 26.7 Å². The molecule has 4 N–H and O–H groups in total. The van der Waals surface area contributed by atoms with Crippen molar-refractivity contribution in [3.05, 3.63) is 5.32 Å². The molecule has 0 spiro atoms. The molecular weight excluding hydrogens is 297 g/mol. The Morgan fingerprint density at radius 1 is 0.895 bits per heavy atom. The van der Waals surface area contributed by atoms with Gasteiger partial charge >= 0.3 is 29.0 Å². The zero-order chi connectivity index (χ0) is 12.7. The van der Waals surface area contributed by atoms with E-state index in [1.165, 1.54) is 0 Å². The second-order valence-electron chi connectivity index (χ2n) is 4.01. The van der Waals surface area contributed by atoms with E-state index in [0.717, 1.165) is 0 Å². The van der Waals surface area contributed by atoms with Crippen molar-refractivity contribution in [1.29, 1.82) is 0 Å². The number of nitrogens with zero attached hydrogens (tertiary/aromatic N) is 3. The fourth-order valence-corrected chi connectivity index (χ4v) is 1.74. The molecule has 19 heavy (non-hydrogen) atoms. The molecule has 1 aliphatic heterocycles. The van der Waals surface area contributed by atoms with Crippen molar-refractivity contribution < 1.29 is 42.3 Å². The summed E-state index contributed by atoms with van der Waals surface area (Å²) in [6.45, 7) is 3.54. The van der Waals surface area contributed by atoms with Crippen LogP contribution in [0, 0.1) is 0 Å². The smallest absolute Gasteiger partial charge is 0.660 e. The van der Waals surface area contributed by atoms with Crippen molar-refractivity contribution in [2.75, 3.05) is 52.4 Å². The van der Waals surface area contributed by atoms with Gasteiger partial charge in [-0.25, -0.2) is 0 Å². The molecule has 0 aromatic rings. The Bertz CT molecular complexity index is 254. The molecule has 1 rings (SSSR count). The van der Waals surface area contributed by atoms with Crippen LogP contribution in [0.1, 0.15) is 0 Å². The molecule has 1 aliphatic rings. The summed E-state index contributed by atoms with van der Waals surface area (Å²) in [6.07, 6.45) is 0. The van der Waals surface area contributed by atoms with E-state index < -0.39 is 11.9 Å². The van der Waals surface area contributed by atoms with Gasteiger partial charge in [0.25, 0.3) is 0 Å². The molecule has 0 amide bonds. The van der Waals surface area contributed by atoms with Gasteiger partial charge in [-0.1, -0.05) is 0 Å². The molecule has 0 aliphatic carbocycles. The minimum absolute atomic E-state index is 0. The third-order valence-corrected chi connectivity index (χ3v) is 2.60. The number of carboxylic acids is 2. The Labute approximate surface area is 122 Å². The number of carbonyl (C=O) groups is 2. The number of hydrogen-bond acceptors (Lipinski definition) is 4. The van der Waals surface area contributed by atoms with Crippen LogP contribution in [0.25, 0.3) is 5.32 Å². The van der Waals surface area contributed by atoms with Gasteiger partial charge in [0, 0.05) is 13.1 Å². The van der Waals surface area contributed by atoms with Gasteiger partial charge in [0.1, 0.15) is 0 Å². The van der Waals surface area contributed by atoms with Gasteiger partial charge in [0.15, 0.2) is 0 Å². The fraction of sp³-hybridized carbons (Fsp3) is 0.800. The van der Waals surface area contributed by atoms with Crippen LogP contribution in [-0.4, -0.2) is 89.8 Å². The summed E-state index contributed by atoms with van der Waals surface area (Å²) in [5.74, 6) is -1.73. The molecule has 9 heteroatoms. The average Bonchev–Trinajstić information content (AvgIpc) is 2.31. The second kappa shape index (κ2) is 11.2. The normalized spacial score (nSPS) is 18.1. The monoisotopic (exact) mass is 317 g/mol. The van der Waals surface area contributed by atoms with Gasteiger partial charge in [0.2, 0.25) is 0 Å². The second-order valence-corrected chi connectivity index (χ2v) is 4.01. The van der Waals surface area contributed by atoms with Crippen LogP contribution in [0.2, 0.25) is 0 Å². The SMILES string of the molecule is O.O=C(O)CN1CC[N-]CCN(CC(=O)O)CC1.[Mn+3]. The maximum Gasteiger partial charge on any atom is 3.00 e. The molecular formula is C10H20MnN3O5+2. The molecule has 1 heterocycles. The summed E-state index contributed by atoms with van der Waals surface area (Å²) in [7, 11) is 0. The molecule has 0 saturated carbocycles. The molecule has 0 aromatic heterocycles. The van der Waals surface area contributed by atoms with E-state index in [4.69, 9.17) is 10.2 Å². The van der Waals surface area contributed by atoms with Gasteiger partial charge in [0.05, 0.1) is 13.1 Å². The quantitative estimate of drug-likeness (QED) is 0.596. The third-order valence-electron chi connectivity index (χ3n) is 2.60. The van der Waals surface area contributed by atoms with Crippen molar-refractivity contribution in [3.63, 3.8) is 0 Å². The van der Waals surface area contributed by atoms with Crippen molar-refractivity contribution in [2.45, 2.75) is 0 Å². The maximum atomic E-state index is 10.6. The minimum Gasteiger partial charge on any atom is -0.660 e. The van der Waals surface area contributed by atoms with Crippen molar-refractivity contribution in [2.24, 2.45) is 0 Å².